The summed E-state index contributed by atoms with van der Waals surface area (Å²) in [5, 5.41) is 0. The number of aliphatic imine (C=N–C) groups is 1. The summed E-state index contributed by atoms with van der Waals surface area (Å²) in [7, 11) is 0. The number of hydrogen-bond donors (Lipinski definition) is 0. The van der Waals surface area contributed by atoms with E-state index in [1.165, 1.54) is 18.9 Å². The normalized spacial score (nSPS) is 9.71. The van der Waals surface area contributed by atoms with Crippen LogP contribution in [0, 0.1) is 0 Å². The number of benzene rings is 1. The van der Waals surface area contributed by atoms with Crippen LogP contribution in [0.5, 0.6) is 5.75 Å². The summed E-state index contributed by atoms with van der Waals surface area (Å²) in [5.41, 5.74) is 1.16. The molecule has 0 aliphatic heterocycles. The van der Waals surface area contributed by atoms with Crippen LogP contribution in [-0.2, 0) is 11.2 Å². The van der Waals surface area contributed by atoms with Gasteiger partial charge in [-0.15, -0.1) is 0 Å². The number of nitrogens with zero attached hydrogens (tertiary/aromatic N) is 1. The van der Waals surface area contributed by atoms with E-state index in [4.69, 9.17) is 4.74 Å². The highest BCUT2D eigenvalue weighted by Crippen LogP contribution is 2.13. The van der Waals surface area contributed by atoms with E-state index >= 15 is 0 Å². The summed E-state index contributed by atoms with van der Waals surface area (Å²) >= 11 is 0. The Morgan fingerprint density at radius 2 is 2.00 bits per heavy atom. The Morgan fingerprint density at radius 1 is 1.24 bits per heavy atom. The molecule has 0 saturated carbocycles. The van der Waals surface area contributed by atoms with Crippen molar-refractivity contribution < 1.29 is 9.53 Å². The Hall–Kier alpha value is -1.60. The molecule has 0 heterocycles. The molecule has 0 spiro atoms. The molecule has 3 heteroatoms. The first-order valence-corrected chi connectivity index (χ1v) is 6.12. The van der Waals surface area contributed by atoms with E-state index in [9.17, 15) is 4.79 Å². The Kier molecular flexibility index (Phi) is 6.76. The molecule has 3 nitrogen and oxygen atoms in total. The molecule has 0 aliphatic rings. The summed E-state index contributed by atoms with van der Waals surface area (Å²) in [5.74, 6) is 0.906. The molecule has 0 unspecified atom stereocenters. The molecule has 92 valence electrons. The fourth-order valence-corrected chi connectivity index (χ4v) is 1.53. The lowest BCUT2D eigenvalue weighted by Crippen LogP contribution is -1.97. The zero-order valence-electron chi connectivity index (χ0n) is 10.3. The van der Waals surface area contributed by atoms with Crippen molar-refractivity contribution >= 4 is 6.08 Å². The third-order valence-electron chi connectivity index (χ3n) is 2.52. The zero-order valence-corrected chi connectivity index (χ0v) is 10.3. The Morgan fingerprint density at radius 3 is 2.65 bits per heavy atom. The first kappa shape index (κ1) is 13.5. The van der Waals surface area contributed by atoms with Crippen molar-refractivity contribution in [1.29, 1.82) is 0 Å². The molecule has 17 heavy (non-hydrogen) atoms. The monoisotopic (exact) mass is 233 g/mol. The van der Waals surface area contributed by atoms with E-state index in [2.05, 4.69) is 11.9 Å². The molecule has 0 atom stereocenters. The molecular weight excluding hydrogens is 214 g/mol. The van der Waals surface area contributed by atoms with Crippen LogP contribution >= 0.6 is 0 Å². The highest BCUT2D eigenvalue weighted by Gasteiger charge is 1.95. The van der Waals surface area contributed by atoms with Crippen molar-refractivity contribution in [1.82, 2.24) is 0 Å². The van der Waals surface area contributed by atoms with E-state index < -0.39 is 0 Å². The van der Waals surface area contributed by atoms with Crippen LogP contribution in [0.3, 0.4) is 0 Å². The van der Waals surface area contributed by atoms with E-state index in [1.54, 1.807) is 0 Å². The minimum atomic E-state index is 0.500. The zero-order chi connectivity index (χ0) is 12.3. The van der Waals surface area contributed by atoms with Gasteiger partial charge in [0.1, 0.15) is 5.75 Å². The summed E-state index contributed by atoms with van der Waals surface area (Å²) < 4.78 is 5.60. The lowest BCUT2D eigenvalue weighted by atomic mass is 10.1. The van der Waals surface area contributed by atoms with Gasteiger partial charge in [-0.05, 0) is 30.5 Å². The van der Waals surface area contributed by atoms with E-state index in [-0.39, 0.29) is 0 Å². The molecule has 1 rings (SSSR count). The fraction of sp³-hybridized carbons (Fsp3) is 0.500. The third-order valence-corrected chi connectivity index (χ3v) is 2.52. The maximum absolute atomic E-state index is 9.91. The van der Waals surface area contributed by atoms with Crippen molar-refractivity contribution in [2.24, 2.45) is 4.99 Å². The quantitative estimate of drug-likeness (QED) is 0.393. The van der Waals surface area contributed by atoms with Crippen molar-refractivity contribution in [3.05, 3.63) is 29.8 Å². The SMILES string of the molecule is CCCCCOc1ccc(CCN=C=O)cc1. The second-order valence-electron chi connectivity index (χ2n) is 3.92. The first-order chi connectivity index (χ1) is 8.36. The van der Waals surface area contributed by atoms with Gasteiger partial charge in [0.2, 0.25) is 6.08 Å². The summed E-state index contributed by atoms with van der Waals surface area (Å²) in [6.45, 7) is 3.46. The van der Waals surface area contributed by atoms with Crippen molar-refractivity contribution in [3.8, 4) is 5.75 Å². The number of rotatable bonds is 8. The Labute approximate surface area is 103 Å². The minimum absolute atomic E-state index is 0.500. The predicted octanol–water partition coefficient (Wildman–Crippen LogP) is 3.13. The van der Waals surface area contributed by atoms with Crippen LogP contribution in [0.2, 0.25) is 0 Å². The second kappa shape index (κ2) is 8.54. The first-order valence-electron chi connectivity index (χ1n) is 6.12. The molecule has 1 aromatic rings. The number of hydrogen-bond acceptors (Lipinski definition) is 3. The van der Waals surface area contributed by atoms with Crippen molar-refractivity contribution in [2.75, 3.05) is 13.2 Å². The Balaban J connectivity index is 2.31. The summed E-state index contributed by atoms with van der Waals surface area (Å²) in [6, 6.07) is 7.95. The van der Waals surface area contributed by atoms with Gasteiger partial charge in [-0.1, -0.05) is 31.9 Å². The van der Waals surface area contributed by atoms with Gasteiger partial charge in [-0.3, -0.25) is 0 Å². The topological polar surface area (TPSA) is 38.7 Å². The van der Waals surface area contributed by atoms with Gasteiger partial charge in [0.05, 0.1) is 13.2 Å². The van der Waals surface area contributed by atoms with Gasteiger partial charge in [0.25, 0.3) is 0 Å². The second-order valence-corrected chi connectivity index (χ2v) is 3.92. The van der Waals surface area contributed by atoms with E-state index in [0.29, 0.717) is 6.54 Å². The number of ether oxygens (including phenoxy) is 1. The molecule has 0 N–H and O–H groups in total. The van der Waals surface area contributed by atoms with Gasteiger partial charge in [-0.2, -0.15) is 0 Å². The molecule has 0 aliphatic carbocycles. The number of unbranched alkanes of at least 4 members (excludes halogenated alkanes) is 2. The average molecular weight is 233 g/mol. The minimum Gasteiger partial charge on any atom is -0.494 e. The van der Waals surface area contributed by atoms with Gasteiger partial charge >= 0.3 is 0 Å². The van der Waals surface area contributed by atoms with E-state index in [0.717, 1.165) is 30.8 Å². The third kappa shape index (κ3) is 5.88. The molecule has 1 aromatic carbocycles. The average Bonchev–Trinajstić information content (AvgIpc) is 2.37. The van der Waals surface area contributed by atoms with Crippen LogP contribution in [0.1, 0.15) is 31.7 Å². The highest BCUT2D eigenvalue weighted by molar-refractivity contribution is 5.33. The lowest BCUT2D eigenvalue weighted by Gasteiger charge is -2.06. The van der Waals surface area contributed by atoms with E-state index in [1.807, 2.05) is 24.3 Å². The van der Waals surface area contributed by atoms with Crippen LogP contribution < -0.4 is 4.74 Å². The Bertz CT molecular complexity index is 353. The fourth-order valence-electron chi connectivity index (χ4n) is 1.53. The van der Waals surface area contributed by atoms with Crippen LogP contribution in [0.15, 0.2) is 29.3 Å². The van der Waals surface area contributed by atoms with Gasteiger partial charge in [0.15, 0.2) is 0 Å². The van der Waals surface area contributed by atoms with Crippen LogP contribution in [-0.4, -0.2) is 19.2 Å². The van der Waals surface area contributed by atoms with Crippen LogP contribution in [0.4, 0.5) is 0 Å². The summed E-state index contributed by atoms with van der Waals surface area (Å²) in [6.07, 6.45) is 5.83. The standard InChI is InChI=1S/C14H19NO2/c1-2-3-4-11-17-14-7-5-13(6-8-14)9-10-15-12-16/h5-8H,2-4,9-11H2,1H3. The number of carbonyl (C=O) groups excluding carboxylic acids is 1. The van der Waals surface area contributed by atoms with Gasteiger partial charge in [-0.25, -0.2) is 9.79 Å². The smallest absolute Gasteiger partial charge is 0.234 e. The van der Waals surface area contributed by atoms with Gasteiger partial charge in [0, 0.05) is 0 Å². The van der Waals surface area contributed by atoms with Crippen molar-refractivity contribution in [3.63, 3.8) is 0 Å². The molecule has 0 aromatic heterocycles. The van der Waals surface area contributed by atoms with Crippen molar-refractivity contribution in [2.45, 2.75) is 32.6 Å². The predicted molar refractivity (Wildman–Crippen MR) is 68.2 cm³/mol. The molecule has 0 bridgehead atoms. The van der Waals surface area contributed by atoms with Gasteiger partial charge < -0.3 is 4.74 Å². The molecule has 0 fully saturated rings. The molecule has 0 amide bonds. The molecule has 0 saturated heterocycles. The maximum atomic E-state index is 9.91. The largest absolute Gasteiger partial charge is 0.494 e. The maximum Gasteiger partial charge on any atom is 0.234 e. The summed E-state index contributed by atoms with van der Waals surface area (Å²) in [4.78, 5) is 13.4. The van der Waals surface area contributed by atoms with Crippen LogP contribution in [0.25, 0.3) is 0 Å². The number of isocyanates is 1. The highest BCUT2D eigenvalue weighted by atomic mass is 16.5. The lowest BCUT2D eigenvalue weighted by molar-refractivity contribution is 0.306. The molecular formula is C14H19NO2. The molecule has 0 radical (unpaired) electrons.